The summed E-state index contributed by atoms with van der Waals surface area (Å²) >= 11 is 0. The Bertz CT molecular complexity index is 1290. The van der Waals surface area contributed by atoms with Crippen LogP contribution in [-0.2, 0) is 5.41 Å². The van der Waals surface area contributed by atoms with Gasteiger partial charge in [0.25, 0.3) is 5.91 Å². The summed E-state index contributed by atoms with van der Waals surface area (Å²) in [6, 6.07) is 12.9. The van der Waals surface area contributed by atoms with Gasteiger partial charge in [0, 0.05) is 28.9 Å². The van der Waals surface area contributed by atoms with Crippen molar-refractivity contribution in [3.05, 3.63) is 63.9 Å². The highest BCUT2D eigenvalue weighted by Crippen LogP contribution is 2.46. The maximum absolute atomic E-state index is 13.1. The Balaban J connectivity index is 1.81. The fraction of sp³-hybridized carbons (Fsp3) is 0.292. The maximum Gasteiger partial charge on any atom is 0.261 e. The number of pyridine rings is 1. The number of phenolic OH excluding ortho intramolecular Hbond substituents is 1. The summed E-state index contributed by atoms with van der Waals surface area (Å²) in [5.41, 5.74) is 0.702. The number of aromatic nitrogens is 1. The van der Waals surface area contributed by atoms with Crippen molar-refractivity contribution in [2.75, 3.05) is 5.32 Å². The quantitative estimate of drug-likeness (QED) is 0.543. The van der Waals surface area contributed by atoms with Crippen molar-refractivity contribution in [3.63, 3.8) is 0 Å². The van der Waals surface area contributed by atoms with Crippen LogP contribution in [-0.4, -0.2) is 24.1 Å². The summed E-state index contributed by atoms with van der Waals surface area (Å²) in [5.74, 6) is -0.459. The van der Waals surface area contributed by atoms with Crippen LogP contribution in [0, 0.1) is 11.3 Å². The van der Waals surface area contributed by atoms with E-state index in [2.05, 4.69) is 36.0 Å². The molecule has 31 heavy (non-hydrogen) atoms. The van der Waals surface area contributed by atoms with Gasteiger partial charge >= 0.3 is 0 Å². The lowest BCUT2D eigenvalue weighted by molar-refractivity contribution is 0.102. The molecule has 1 amide bonds. The number of carbonyl (C=O) groups is 1. The average Bonchev–Trinajstić information content (AvgIpc) is 2.68. The lowest BCUT2D eigenvalue weighted by Crippen LogP contribution is -2.41. The van der Waals surface area contributed by atoms with E-state index in [-0.39, 0.29) is 16.7 Å². The Morgan fingerprint density at radius 2 is 1.94 bits per heavy atom. The SMILES string of the molecule is C[Si](C)(C)c1cc(C2(C#N)CCC2)c(NC(=O)c2c[nH]c3ccccc3c2=O)cc1O. The molecule has 0 spiro atoms. The molecule has 6 nitrogen and oxygen atoms in total. The Labute approximate surface area is 181 Å². The van der Waals surface area contributed by atoms with Gasteiger partial charge in [0.1, 0.15) is 11.3 Å². The predicted molar refractivity (Wildman–Crippen MR) is 125 cm³/mol. The number of anilines is 1. The lowest BCUT2D eigenvalue weighted by Gasteiger charge is -2.38. The molecule has 7 heteroatoms. The van der Waals surface area contributed by atoms with Crippen LogP contribution < -0.4 is 15.9 Å². The van der Waals surface area contributed by atoms with Crippen LogP contribution in [0.25, 0.3) is 10.9 Å². The van der Waals surface area contributed by atoms with Crippen LogP contribution >= 0.6 is 0 Å². The highest BCUT2D eigenvalue weighted by Gasteiger charge is 2.42. The zero-order valence-electron chi connectivity index (χ0n) is 17.9. The average molecular weight is 432 g/mol. The molecule has 1 aliphatic carbocycles. The smallest absolute Gasteiger partial charge is 0.261 e. The number of amides is 1. The van der Waals surface area contributed by atoms with Crippen molar-refractivity contribution in [2.45, 2.75) is 44.3 Å². The number of hydrogen-bond donors (Lipinski definition) is 3. The molecule has 3 aromatic rings. The molecule has 0 radical (unpaired) electrons. The molecule has 1 aliphatic rings. The fourth-order valence-electron chi connectivity index (χ4n) is 4.19. The molecule has 2 aromatic carbocycles. The molecule has 1 saturated carbocycles. The van der Waals surface area contributed by atoms with E-state index in [4.69, 9.17) is 0 Å². The molecule has 1 fully saturated rings. The van der Waals surface area contributed by atoms with Gasteiger partial charge in [-0.05, 0) is 42.1 Å². The number of nitriles is 1. The van der Waals surface area contributed by atoms with Crippen molar-refractivity contribution >= 4 is 35.8 Å². The molecule has 1 heterocycles. The first-order valence-electron chi connectivity index (χ1n) is 10.4. The molecule has 0 atom stereocenters. The van der Waals surface area contributed by atoms with Crippen molar-refractivity contribution in [1.29, 1.82) is 5.26 Å². The molecule has 158 valence electrons. The van der Waals surface area contributed by atoms with Crippen LogP contribution in [0.2, 0.25) is 19.6 Å². The number of rotatable bonds is 4. The minimum atomic E-state index is -1.88. The molecule has 4 rings (SSSR count). The first-order chi connectivity index (χ1) is 14.7. The Morgan fingerprint density at radius 1 is 1.23 bits per heavy atom. The summed E-state index contributed by atoms with van der Waals surface area (Å²) in [7, 11) is -1.88. The highest BCUT2D eigenvalue weighted by molar-refractivity contribution is 6.89. The Hall–Kier alpha value is -3.37. The molecule has 1 aromatic heterocycles. The van der Waals surface area contributed by atoms with Gasteiger partial charge in [0.2, 0.25) is 5.43 Å². The van der Waals surface area contributed by atoms with Crippen LogP contribution in [0.1, 0.15) is 35.2 Å². The van der Waals surface area contributed by atoms with Crippen molar-refractivity contribution in [1.82, 2.24) is 4.98 Å². The fourth-order valence-corrected chi connectivity index (χ4v) is 5.60. The molecule has 3 N–H and O–H groups in total. The first-order valence-corrected chi connectivity index (χ1v) is 13.9. The molecule has 0 unspecified atom stereocenters. The number of nitrogens with zero attached hydrogens (tertiary/aromatic N) is 1. The Kier molecular flexibility index (Phi) is 4.98. The van der Waals surface area contributed by atoms with Crippen molar-refractivity contribution in [2.24, 2.45) is 0 Å². The number of H-pyrrole nitrogens is 1. The molecule has 0 bridgehead atoms. The van der Waals surface area contributed by atoms with Gasteiger partial charge < -0.3 is 15.4 Å². The van der Waals surface area contributed by atoms with Gasteiger partial charge in [-0.3, -0.25) is 9.59 Å². The summed E-state index contributed by atoms with van der Waals surface area (Å²) in [5, 5.41) is 24.7. The first kappa shape index (κ1) is 20.9. The zero-order valence-corrected chi connectivity index (χ0v) is 18.9. The zero-order chi connectivity index (χ0) is 22.4. The topological polar surface area (TPSA) is 106 Å². The van der Waals surface area contributed by atoms with E-state index in [9.17, 15) is 20.0 Å². The number of carbonyl (C=O) groups excluding carboxylic acids is 1. The third-order valence-electron chi connectivity index (χ3n) is 6.16. The van der Waals surface area contributed by atoms with Crippen LogP contribution in [0.5, 0.6) is 5.75 Å². The van der Waals surface area contributed by atoms with E-state index in [1.165, 1.54) is 12.3 Å². The summed E-state index contributed by atoms with van der Waals surface area (Å²) in [6.45, 7) is 6.37. The number of aromatic amines is 1. The number of benzene rings is 2. The van der Waals surface area contributed by atoms with E-state index in [1.807, 2.05) is 12.1 Å². The molecular weight excluding hydrogens is 406 g/mol. The summed E-state index contributed by atoms with van der Waals surface area (Å²) in [4.78, 5) is 28.9. The van der Waals surface area contributed by atoms with Gasteiger partial charge in [0.05, 0.1) is 19.6 Å². The van der Waals surface area contributed by atoms with E-state index in [1.54, 1.807) is 18.2 Å². The van der Waals surface area contributed by atoms with Gasteiger partial charge in [0.15, 0.2) is 0 Å². The van der Waals surface area contributed by atoms with Crippen molar-refractivity contribution < 1.29 is 9.90 Å². The Morgan fingerprint density at radius 3 is 2.55 bits per heavy atom. The second kappa shape index (κ2) is 7.40. The molecular formula is C24H25N3O3Si. The number of aromatic hydroxyl groups is 1. The predicted octanol–water partition coefficient (Wildman–Crippen LogP) is 3.98. The van der Waals surface area contributed by atoms with E-state index >= 15 is 0 Å². The summed E-state index contributed by atoms with van der Waals surface area (Å²) in [6.07, 6.45) is 3.76. The number of fused-ring (bicyclic) bond motifs is 1. The van der Waals surface area contributed by atoms with Gasteiger partial charge in [-0.2, -0.15) is 5.26 Å². The van der Waals surface area contributed by atoms with Crippen LogP contribution in [0.4, 0.5) is 5.69 Å². The largest absolute Gasteiger partial charge is 0.508 e. The minimum Gasteiger partial charge on any atom is -0.508 e. The molecule has 0 aliphatic heterocycles. The van der Waals surface area contributed by atoms with E-state index < -0.39 is 19.4 Å². The monoisotopic (exact) mass is 431 g/mol. The number of hydrogen-bond acceptors (Lipinski definition) is 4. The van der Waals surface area contributed by atoms with Gasteiger partial charge in [-0.25, -0.2) is 0 Å². The number of para-hydroxylation sites is 1. The number of nitrogens with one attached hydrogen (secondary N) is 2. The van der Waals surface area contributed by atoms with Gasteiger partial charge in [-0.15, -0.1) is 0 Å². The standard InChI is InChI=1S/C24H25N3O3Si/c1-31(2,3)21-11-17(24(14-25)9-6-10-24)19(12-20(21)28)27-23(30)16-13-26-18-8-5-4-7-15(18)22(16)29/h4-5,7-8,11-13,28H,6,9-10H2,1-3H3,(H,26,29)(H,27,30). The highest BCUT2D eigenvalue weighted by atomic mass is 28.3. The second-order valence-electron chi connectivity index (χ2n) is 9.24. The number of phenols is 1. The summed E-state index contributed by atoms with van der Waals surface area (Å²) < 4.78 is 0. The minimum absolute atomic E-state index is 0.0157. The van der Waals surface area contributed by atoms with E-state index in [0.29, 0.717) is 29.4 Å². The van der Waals surface area contributed by atoms with Crippen molar-refractivity contribution in [3.8, 4) is 11.8 Å². The maximum atomic E-state index is 13.1. The lowest BCUT2D eigenvalue weighted by atomic mass is 9.65. The van der Waals surface area contributed by atoms with Crippen LogP contribution in [0.3, 0.4) is 0 Å². The van der Waals surface area contributed by atoms with Crippen LogP contribution in [0.15, 0.2) is 47.4 Å². The van der Waals surface area contributed by atoms with Gasteiger partial charge in [-0.1, -0.05) is 37.8 Å². The molecule has 0 saturated heterocycles. The third kappa shape index (κ3) is 3.53. The second-order valence-corrected chi connectivity index (χ2v) is 14.3. The normalized spacial score (nSPS) is 15.2. The van der Waals surface area contributed by atoms with E-state index in [0.717, 1.165) is 17.2 Å². The third-order valence-corrected chi connectivity index (χ3v) is 8.18.